The summed E-state index contributed by atoms with van der Waals surface area (Å²) in [6.07, 6.45) is 5.67. The minimum absolute atomic E-state index is 0.118. The highest BCUT2D eigenvalue weighted by Gasteiger charge is 2.20. The molecule has 0 unspecified atom stereocenters. The van der Waals surface area contributed by atoms with Gasteiger partial charge in [-0.15, -0.1) is 11.6 Å². The highest BCUT2D eigenvalue weighted by Crippen LogP contribution is 2.05. The van der Waals surface area contributed by atoms with Gasteiger partial charge in [-0.3, -0.25) is 33.9 Å². The lowest BCUT2D eigenvalue weighted by atomic mass is 10.1. The smallest absolute Gasteiger partial charge is 0.317 e. The zero-order valence-corrected chi connectivity index (χ0v) is 25.7. The van der Waals surface area contributed by atoms with Gasteiger partial charge in [0.25, 0.3) is 0 Å². The lowest BCUT2D eigenvalue weighted by Crippen LogP contribution is -2.48. The van der Waals surface area contributed by atoms with Gasteiger partial charge in [0.15, 0.2) is 0 Å². The number of aliphatic carboxylic acids is 3. The van der Waals surface area contributed by atoms with Crippen LogP contribution in [0.25, 0.3) is 0 Å². The Kier molecular flexibility index (Phi) is 22.3. The Morgan fingerprint density at radius 3 is 1.36 bits per heavy atom. The predicted molar refractivity (Wildman–Crippen MR) is 158 cm³/mol. The third-order valence-corrected chi connectivity index (χ3v) is 7.27. The number of Topliss-reactive ketones (excluding diaryl/α,β-unsaturated/α-hetero) is 1. The molecule has 0 aliphatic carbocycles. The second-order valence-corrected chi connectivity index (χ2v) is 10.9. The third kappa shape index (κ3) is 21.8. The van der Waals surface area contributed by atoms with Crippen molar-refractivity contribution in [1.82, 2.24) is 19.6 Å². The van der Waals surface area contributed by atoms with E-state index in [-0.39, 0.29) is 25.4 Å². The maximum Gasteiger partial charge on any atom is 0.317 e. The fourth-order valence-electron chi connectivity index (χ4n) is 4.60. The van der Waals surface area contributed by atoms with Gasteiger partial charge in [0, 0.05) is 90.8 Å². The van der Waals surface area contributed by atoms with E-state index in [4.69, 9.17) is 21.1 Å². The average Bonchev–Trinajstić information content (AvgIpc) is 2.92. The van der Waals surface area contributed by atoms with Crippen LogP contribution in [0.2, 0.25) is 0 Å². The summed E-state index contributed by atoms with van der Waals surface area (Å²) in [6, 6.07) is 0. The summed E-state index contributed by atoms with van der Waals surface area (Å²) < 4.78 is 11.1. The van der Waals surface area contributed by atoms with E-state index in [1.54, 1.807) is 14.7 Å². The third-order valence-electron chi connectivity index (χ3n) is 7.00. The number of hydrogen-bond acceptors (Lipinski definition) is 10. The van der Waals surface area contributed by atoms with Gasteiger partial charge >= 0.3 is 17.9 Å². The molecule has 0 aromatic heterocycles. The van der Waals surface area contributed by atoms with Gasteiger partial charge in [0.2, 0.25) is 0 Å². The monoisotopic (exact) mass is 622 g/mol. The topological polar surface area (TPSA) is 160 Å². The molecule has 14 heteroatoms. The molecule has 0 spiro atoms. The van der Waals surface area contributed by atoms with Crippen LogP contribution in [-0.2, 0) is 28.7 Å². The van der Waals surface area contributed by atoms with Crippen molar-refractivity contribution in [3.8, 4) is 0 Å². The maximum atomic E-state index is 12.5. The number of rotatable bonds is 22. The first kappa shape index (κ1) is 38.2. The summed E-state index contributed by atoms with van der Waals surface area (Å²) in [7, 11) is 0. The van der Waals surface area contributed by atoms with Crippen LogP contribution in [0.15, 0.2) is 0 Å². The van der Waals surface area contributed by atoms with Crippen molar-refractivity contribution in [3.63, 3.8) is 0 Å². The van der Waals surface area contributed by atoms with Crippen molar-refractivity contribution >= 4 is 35.3 Å². The van der Waals surface area contributed by atoms with Crippen LogP contribution in [-0.4, -0.2) is 169 Å². The molecule has 3 N–H and O–H groups in total. The van der Waals surface area contributed by atoms with Crippen LogP contribution in [0, 0.1) is 0 Å². The number of halogens is 1. The minimum atomic E-state index is -0.992. The van der Waals surface area contributed by atoms with Crippen LogP contribution in [0.1, 0.15) is 44.9 Å². The number of unbranched alkanes of at least 4 members (excludes halogenated alkanes) is 3. The number of carbonyl (C=O) groups is 4. The van der Waals surface area contributed by atoms with Crippen LogP contribution in [0.4, 0.5) is 0 Å². The molecule has 1 fully saturated rings. The Balaban J connectivity index is 2.49. The molecule has 0 bridgehead atoms. The number of ether oxygens (including phenoxy) is 2. The van der Waals surface area contributed by atoms with E-state index in [1.165, 1.54) is 0 Å². The lowest BCUT2D eigenvalue weighted by molar-refractivity contribution is -0.140. The Morgan fingerprint density at radius 2 is 0.929 bits per heavy atom. The average molecular weight is 623 g/mol. The molecule has 1 rings (SSSR count). The summed E-state index contributed by atoms with van der Waals surface area (Å²) in [5.41, 5.74) is 0. The maximum absolute atomic E-state index is 12.5. The molecule has 0 radical (unpaired) electrons. The normalized spacial score (nSPS) is 17.0. The molecule has 1 aliphatic rings. The molecular weight excluding hydrogens is 572 g/mol. The molecular formula is C28H51ClN4O9. The molecule has 13 nitrogen and oxygen atoms in total. The SMILES string of the molecule is O=C(O)CN1CCN(CCC(=O)CCCOCCOCCCCCCCl)CCN(CC(=O)O)CCN(CC(=O)O)CC1. The van der Waals surface area contributed by atoms with E-state index < -0.39 is 17.9 Å². The number of carboxylic acid groups (broad SMARTS) is 3. The van der Waals surface area contributed by atoms with E-state index in [0.717, 1.165) is 25.7 Å². The molecule has 0 saturated carbocycles. The Labute approximate surface area is 254 Å². The second kappa shape index (κ2) is 24.6. The van der Waals surface area contributed by atoms with Gasteiger partial charge in [0.1, 0.15) is 5.78 Å². The van der Waals surface area contributed by atoms with Crippen molar-refractivity contribution in [3.05, 3.63) is 0 Å². The number of alkyl halides is 1. The number of carboxylic acids is 3. The van der Waals surface area contributed by atoms with Crippen molar-refractivity contribution in [2.45, 2.75) is 44.9 Å². The van der Waals surface area contributed by atoms with Crippen molar-refractivity contribution in [2.75, 3.05) is 111 Å². The zero-order valence-electron chi connectivity index (χ0n) is 24.9. The van der Waals surface area contributed by atoms with Crippen molar-refractivity contribution < 1.29 is 44.0 Å². The van der Waals surface area contributed by atoms with E-state index >= 15 is 0 Å². The van der Waals surface area contributed by atoms with Crippen LogP contribution in [0.5, 0.6) is 0 Å². The van der Waals surface area contributed by atoms with Gasteiger partial charge < -0.3 is 29.7 Å². The summed E-state index contributed by atoms with van der Waals surface area (Å²) >= 11 is 5.66. The summed E-state index contributed by atoms with van der Waals surface area (Å²) in [5, 5.41) is 28.0. The fraction of sp³-hybridized carbons (Fsp3) is 0.857. The molecule has 1 heterocycles. The van der Waals surface area contributed by atoms with E-state index in [1.807, 2.05) is 0 Å². The molecule has 0 amide bonds. The second-order valence-electron chi connectivity index (χ2n) is 10.6. The van der Waals surface area contributed by atoms with E-state index in [9.17, 15) is 34.5 Å². The fourth-order valence-corrected chi connectivity index (χ4v) is 4.79. The first-order chi connectivity index (χ1) is 20.2. The molecule has 0 aromatic carbocycles. The highest BCUT2D eigenvalue weighted by molar-refractivity contribution is 6.17. The largest absolute Gasteiger partial charge is 0.480 e. The highest BCUT2D eigenvalue weighted by atomic mass is 35.5. The van der Waals surface area contributed by atoms with Crippen LogP contribution >= 0.6 is 11.6 Å². The van der Waals surface area contributed by atoms with Crippen LogP contribution < -0.4 is 0 Å². The van der Waals surface area contributed by atoms with E-state index in [0.29, 0.717) is 110 Å². The van der Waals surface area contributed by atoms with Crippen LogP contribution in [0.3, 0.4) is 0 Å². The van der Waals surface area contributed by atoms with Crippen molar-refractivity contribution in [2.24, 2.45) is 0 Å². The standard InChI is InChI=1S/C28H51ClN4O9/c29-8-3-1-2-4-18-41-20-21-42-19-5-6-25(34)7-9-30-10-12-31(22-26(35)36)14-16-33(24-28(39)40)17-15-32(13-11-30)23-27(37)38/h1-24H2,(H,35,36)(H,37,38)(H,39,40). The Morgan fingerprint density at radius 1 is 0.524 bits per heavy atom. The minimum Gasteiger partial charge on any atom is -0.480 e. The number of carbonyl (C=O) groups excluding carboxylic acids is 1. The Hall–Kier alpha value is -1.87. The van der Waals surface area contributed by atoms with Gasteiger partial charge in [0.05, 0.1) is 32.8 Å². The summed E-state index contributed by atoms with van der Waals surface area (Å²) in [6.45, 7) is 5.51. The lowest BCUT2D eigenvalue weighted by Gasteiger charge is -2.33. The predicted octanol–water partition coefficient (Wildman–Crippen LogP) is 1.03. The molecule has 244 valence electrons. The number of hydrogen-bond donors (Lipinski definition) is 3. The number of nitrogens with zero attached hydrogens (tertiary/aromatic N) is 4. The van der Waals surface area contributed by atoms with Gasteiger partial charge in [-0.2, -0.15) is 0 Å². The first-order valence-electron chi connectivity index (χ1n) is 15.0. The number of ketones is 1. The summed E-state index contributed by atoms with van der Waals surface area (Å²) in [4.78, 5) is 54.0. The molecule has 1 saturated heterocycles. The summed E-state index contributed by atoms with van der Waals surface area (Å²) in [5.74, 6) is -2.10. The molecule has 1 aliphatic heterocycles. The van der Waals surface area contributed by atoms with E-state index in [2.05, 4.69) is 4.90 Å². The zero-order chi connectivity index (χ0) is 31.0. The van der Waals surface area contributed by atoms with Gasteiger partial charge in [-0.1, -0.05) is 12.8 Å². The van der Waals surface area contributed by atoms with Crippen molar-refractivity contribution in [1.29, 1.82) is 0 Å². The molecule has 0 atom stereocenters. The molecule has 0 aromatic rings. The molecule has 42 heavy (non-hydrogen) atoms. The Bertz CT molecular complexity index is 746. The van der Waals surface area contributed by atoms with Gasteiger partial charge in [-0.05, 0) is 19.3 Å². The quantitative estimate of drug-likeness (QED) is 0.116. The van der Waals surface area contributed by atoms with Gasteiger partial charge in [-0.25, -0.2) is 0 Å². The first-order valence-corrected chi connectivity index (χ1v) is 15.5.